The van der Waals surface area contributed by atoms with Gasteiger partial charge in [0.25, 0.3) is 0 Å². The van der Waals surface area contributed by atoms with Crippen molar-refractivity contribution in [2.45, 2.75) is 39.0 Å². The van der Waals surface area contributed by atoms with Crippen LogP contribution in [0.5, 0.6) is 0 Å². The van der Waals surface area contributed by atoms with Crippen LogP contribution in [0.25, 0.3) is 0 Å². The zero-order chi connectivity index (χ0) is 18.1. The van der Waals surface area contributed by atoms with Gasteiger partial charge in [-0.2, -0.15) is 13.2 Å². The molecule has 6 nitrogen and oxygen atoms in total. The predicted octanol–water partition coefficient (Wildman–Crippen LogP) is 1.36. The van der Waals surface area contributed by atoms with Crippen LogP contribution >= 0.6 is 0 Å². The summed E-state index contributed by atoms with van der Waals surface area (Å²) >= 11 is 0. The second kappa shape index (κ2) is 6.23. The van der Waals surface area contributed by atoms with Gasteiger partial charge in [0.2, 0.25) is 17.4 Å². The highest BCUT2D eigenvalue weighted by molar-refractivity contribution is 5.82. The van der Waals surface area contributed by atoms with E-state index < -0.39 is 41.2 Å². The summed E-state index contributed by atoms with van der Waals surface area (Å²) in [6.07, 6.45) is -6.41. The summed E-state index contributed by atoms with van der Waals surface area (Å²) in [6, 6.07) is 2.21. The molecule has 0 fully saturated rings. The largest absolute Gasteiger partial charge is 0.463 e. The Balaban J connectivity index is 2.92. The van der Waals surface area contributed by atoms with E-state index in [1.807, 2.05) is 0 Å². The normalized spacial score (nSPS) is 15.1. The first-order valence-electron chi connectivity index (χ1n) is 6.72. The first-order valence-corrected chi connectivity index (χ1v) is 6.72. The van der Waals surface area contributed by atoms with Crippen molar-refractivity contribution < 1.29 is 32.3 Å². The van der Waals surface area contributed by atoms with Crippen LogP contribution in [0.4, 0.5) is 13.2 Å². The molecule has 1 atom stereocenters. The average Bonchev–Trinajstić information content (AvgIpc) is 2.82. The summed E-state index contributed by atoms with van der Waals surface area (Å²) in [4.78, 5) is 22.9. The van der Waals surface area contributed by atoms with E-state index in [2.05, 4.69) is 5.32 Å². The molecule has 1 aromatic rings. The number of aryl methyl sites for hydroxylation is 1. The number of hydrogen-bond donors (Lipinski definition) is 3. The maximum atomic E-state index is 13.2. The molecule has 0 aromatic carbocycles. The molecule has 0 saturated heterocycles. The highest BCUT2D eigenvalue weighted by Crippen LogP contribution is 2.42. The molecular formula is C14H19F3N2O4. The summed E-state index contributed by atoms with van der Waals surface area (Å²) in [5.74, 6) is -2.41. The van der Waals surface area contributed by atoms with Gasteiger partial charge in [-0.05, 0) is 32.9 Å². The average molecular weight is 336 g/mol. The number of amides is 2. The Hall–Kier alpha value is -2.03. The maximum Gasteiger partial charge on any atom is 0.425 e. The van der Waals surface area contributed by atoms with Gasteiger partial charge in [-0.25, -0.2) is 0 Å². The summed E-state index contributed by atoms with van der Waals surface area (Å²) in [7, 11) is 0. The molecule has 0 saturated carbocycles. The van der Waals surface area contributed by atoms with Crippen molar-refractivity contribution >= 4 is 11.8 Å². The lowest BCUT2D eigenvalue weighted by molar-refractivity contribution is -0.273. The molecule has 0 spiro atoms. The van der Waals surface area contributed by atoms with Crippen LogP contribution in [0, 0.1) is 12.3 Å². The minimum absolute atomic E-state index is 0.165. The van der Waals surface area contributed by atoms with Crippen molar-refractivity contribution in [1.82, 2.24) is 5.32 Å². The molecule has 1 unspecified atom stereocenters. The van der Waals surface area contributed by atoms with Crippen LogP contribution in [-0.4, -0.2) is 29.6 Å². The van der Waals surface area contributed by atoms with E-state index >= 15 is 0 Å². The van der Waals surface area contributed by atoms with E-state index in [0.29, 0.717) is 0 Å². The lowest BCUT2D eigenvalue weighted by Crippen LogP contribution is -2.48. The van der Waals surface area contributed by atoms with Gasteiger partial charge in [0.15, 0.2) is 0 Å². The van der Waals surface area contributed by atoms with Crippen LogP contribution in [0.1, 0.15) is 31.8 Å². The van der Waals surface area contributed by atoms with Gasteiger partial charge in [-0.3, -0.25) is 9.59 Å². The van der Waals surface area contributed by atoms with Crippen molar-refractivity contribution in [2.75, 3.05) is 6.54 Å². The minimum atomic E-state index is -5.12. The number of halogens is 3. The fourth-order valence-corrected chi connectivity index (χ4v) is 1.69. The topological polar surface area (TPSA) is 106 Å². The molecule has 0 radical (unpaired) electrons. The summed E-state index contributed by atoms with van der Waals surface area (Å²) in [5, 5.41) is 12.1. The number of primary amides is 1. The van der Waals surface area contributed by atoms with Crippen LogP contribution < -0.4 is 11.1 Å². The van der Waals surface area contributed by atoms with Crippen molar-refractivity contribution in [3.8, 4) is 0 Å². The zero-order valence-electron chi connectivity index (χ0n) is 13.0. The summed E-state index contributed by atoms with van der Waals surface area (Å²) in [5.41, 5.74) is 0.524. The molecule has 9 heteroatoms. The predicted molar refractivity (Wildman–Crippen MR) is 74.0 cm³/mol. The van der Waals surface area contributed by atoms with E-state index in [-0.39, 0.29) is 12.3 Å². The molecule has 4 N–H and O–H groups in total. The van der Waals surface area contributed by atoms with E-state index in [1.54, 1.807) is 0 Å². The fourth-order valence-electron chi connectivity index (χ4n) is 1.69. The van der Waals surface area contributed by atoms with Crippen molar-refractivity contribution in [3.63, 3.8) is 0 Å². The number of rotatable bonds is 6. The standard InChI is InChI=1S/C14H19F3N2O4/c1-8-4-5-9(23-8)13(22,14(15,16)17)6-10(20)19-7-12(2,3)11(18)21/h4-5,22H,6-7H2,1-3H3,(H2,18,21)(H,19,20). The third-order valence-electron chi connectivity index (χ3n) is 3.43. The Morgan fingerprint density at radius 2 is 1.87 bits per heavy atom. The molecule has 0 aliphatic rings. The highest BCUT2D eigenvalue weighted by Gasteiger charge is 2.58. The second-order valence-electron chi connectivity index (χ2n) is 5.97. The van der Waals surface area contributed by atoms with E-state index in [1.165, 1.54) is 26.8 Å². The minimum Gasteiger partial charge on any atom is -0.463 e. The first-order chi connectivity index (χ1) is 10.3. The molecule has 1 rings (SSSR count). The van der Waals surface area contributed by atoms with Gasteiger partial charge in [0, 0.05) is 6.54 Å². The molecule has 130 valence electrons. The number of carbonyl (C=O) groups is 2. The lowest BCUT2D eigenvalue weighted by atomic mass is 9.91. The highest BCUT2D eigenvalue weighted by atomic mass is 19.4. The SMILES string of the molecule is Cc1ccc(C(O)(CC(=O)NCC(C)(C)C(N)=O)C(F)(F)F)o1. The van der Waals surface area contributed by atoms with Crippen LogP contribution in [0.3, 0.4) is 0 Å². The first kappa shape index (κ1) is 19.0. The Labute approximate surface area is 130 Å². The maximum absolute atomic E-state index is 13.2. The number of nitrogens with two attached hydrogens (primary N) is 1. The molecular weight excluding hydrogens is 317 g/mol. The van der Waals surface area contributed by atoms with Gasteiger partial charge in [0.05, 0.1) is 11.8 Å². The molecule has 2 amide bonds. The Bertz CT molecular complexity index is 595. The van der Waals surface area contributed by atoms with Gasteiger partial charge < -0.3 is 20.6 Å². The number of aliphatic hydroxyl groups is 1. The zero-order valence-corrected chi connectivity index (χ0v) is 13.0. The van der Waals surface area contributed by atoms with Gasteiger partial charge >= 0.3 is 6.18 Å². The number of nitrogens with one attached hydrogen (secondary N) is 1. The summed E-state index contributed by atoms with van der Waals surface area (Å²) < 4.78 is 44.4. The van der Waals surface area contributed by atoms with Crippen molar-refractivity contribution in [2.24, 2.45) is 11.1 Å². The van der Waals surface area contributed by atoms with Crippen molar-refractivity contribution in [1.29, 1.82) is 0 Å². The molecule has 23 heavy (non-hydrogen) atoms. The molecule has 0 bridgehead atoms. The number of hydrogen-bond acceptors (Lipinski definition) is 4. The Morgan fingerprint density at radius 1 is 1.30 bits per heavy atom. The monoisotopic (exact) mass is 336 g/mol. The van der Waals surface area contributed by atoms with E-state index in [0.717, 1.165) is 6.07 Å². The lowest BCUT2D eigenvalue weighted by Gasteiger charge is -2.28. The van der Waals surface area contributed by atoms with Crippen LogP contribution in [-0.2, 0) is 15.2 Å². The van der Waals surface area contributed by atoms with Gasteiger partial charge in [-0.15, -0.1) is 0 Å². The van der Waals surface area contributed by atoms with Gasteiger partial charge in [0.1, 0.15) is 11.5 Å². The van der Waals surface area contributed by atoms with E-state index in [4.69, 9.17) is 10.2 Å². The Morgan fingerprint density at radius 3 is 2.26 bits per heavy atom. The van der Waals surface area contributed by atoms with Crippen LogP contribution in [0.15, 0.2) is 16.5 Å². The number of alkyl halides is 3. The van der Waals surface area contributed by atoms with Crippen LogP contribution in [0.2, 0.25) is 0 Å². The molecule has 1 aromatic heterocycles. The molecule has 0 aliphatic carbocycles. The third kappa shape index (κ3) is 4.25. The third-order valence-corrected chi connectivity index (χ3v) is 3.43. The van der Waals surface area contributed by atoms with Crippen molar-refractivity contribution in [3.05, 3.63) is 23.7 Å². The molecule has 0 aliphatic heterocycles. The van der Waals surface area contributed by atoms with E-state index in [9.17, 15) is 27.9 Å². The quantitative estimate of drug-likeness (QED) is 0.729. The second-order valence-corrected chi connectivity index (χ2v) is 5.97. The fraction of sp³-hybridized carbons (Fsp3) is 0.571. The number of furan rings is 1. The van der Waals surface area contributed by atoms with Gasteiger partial charge in [-0.1, -0.05) is 0 Å². The number of carbonyl (C=O) groups excluding carboxylic acids is 2. The Kier molecular flexibility index (Phi) is 5.15. The smallest absolute Gasteiger partial charge is 0.425 e. The molecule has 1 heterocycles. The summed E-state index contributed by atoms with van der Waals surface area (Å²) in [6.45, 7) is 4.02.